The molecule has 0 fully saturated rings. The van der Waals surface area contributed by atoms with Gasteiger partial charge in [0.05, 0.1) is 5.75 Å². The van der Waals surface area contributed by atoms with Gasteiger partial charge in [0.25, 0.3) is 0 Å². The van der Waals surface area contributed by atoms with Crippen LogP contribution in [0.25, 0.3) is 0 Å². The van der Waals surface area contributed by atoms with Crippen LogP contribution in [0, 0.1) is 5.92 Å². The van der Waals surface area contributed by atoms with Gasteiger partial charge in [0.1, 0.15) is 0 Å². The molecule has 90 valence electrons. The fourth-order valence-electron chi connectivity index (χ4n) is 1.28. The summed E-state index contributed by atoms with van der Waals surface area (Å²) in [5.41, 5.74) is 0. The average molecular weight is 231 g/mol. The second-order valence-electron chi connectivity index (χ2n) is 4.49. The second-order valence-corrected chi connectivity index (χ2v) is 5.60. The van der Waals surface area contributed by atoms with Crippen molar-refractivity contribution in [1.29, 1.82) is 0 Å². The molecule has 0 spiro atoms. The number of carbonyl (C=O) groups excluding carboxylic acids is 1. The molecule has 1 amide bonds. The molecule has 0 saturated carbocycles. The molecule has 1 atom stereocenters. The molecule has 0 radical (unpaired) electrons. The zero-order chi connectivity index (χ0) is 11.7. The SMILES string of the molecule is CCCSCC(=O)NC(C)CCC(C)C. The molecule has 2 nitrogen and oxygen atoms in total. The molecule has 0 aromatic rings. The number of nitrogens with one attached hydrogen (secondary N) is 1. The van der Waals surface area contributed by atoms with E-state index in [1.54, 1.807) is 11.8 Å². The highest BCUT2D eigenvalue weighted by Crippen LogP contribution is 2.07. The Morgan fingerprint density at radius 3 is 2.47 bits per heavy atom. The molecule has 3 heteroatoms. The summed E-state index contributed by atoms with van der Waals surface area (Å²) in [5.74, 6) is 2.59. The van der Waals surface area contributed by atoms with E-state index in [-0.39, 0.29) is 5.91 Å². The fourth-order valence-corrected chi connectivity index (χ4v) is 1.98. The van der Waals surface area contributed by atoms with Crippen molar-refractivity contribution in [2.75, 3.05) is 11.5 Å². The van der Waals surface area contributed by atoms with Gasteiger partial charge in [-0.25, -0.2) is 0 Å². The second kappa shape index (κ2) is 9.08. The summed E-state index contributed by atoms with van der Waals surface area (Å²) >= 11 is 1.72. The lowest BCUT2D eigenvalue weighted by Crippen LogP contribution is -2.34. The number of thioether (sulfide) groups is 1. The quantitative estimate of drug-likeness (QED) is 0.650. The molecular weight excluding hydrogens is 206 g/mol. The molecule has 1 N–H and O–H groups in total. The van der Waals surface area contributed by atoms with E-state index in [0.717, 1.165) is 24.5 Å². The van der Waals surface area contributed by atoms with Crippen LogP contribution in [-0.4, -0.2) is 23.5 Å². The summed E-state index contributed by atoms with van der Waals surface area (Å²) in [6.07, 6.45) is 3.41. The zero-order valence-corrected chi connectivity index (χ0v) is 11.3. The molecule has 1 unspecified atom stereocenters. The first-order valence-electron chi connectivity index (χ1n) is 5.93. The number of hydrogen-bond acceptors (Lipinski definition) is 2. The number of hydrogen-bond donors (Lipinski definition) is 1. The molecule has 0 aliphatic carbocycles. The van der Waals surface area contributed by atoms with Crippen molar-refractivity contribution in [3.63, 3.8) is 0 Å². The first-order valence-corrected chi connectivity index (χ1v) is 7.08. The van der Waals surface area contributed by atoms with E-state index in [1.165, 1.54) is 6.42 Å². The van der Waals surface area contributed by atoms with Gasteiger partial charge in [-0.2, -0.15) is 11.8 Å². The maximum atomic E-state index is 11.4. The maximum Gasteiger partial charge on any atom is 0.230 e. The summed E-state index contributed by atoms with van der Waals surface area (Å²) in [5, 5.41) is 3.03. The molecular formula is C12H25NOS. The summed E-state index contributed by atoms with van der Waals surface area (Å²) < 4.78 is 0. The van der Waals surface area contributed by atoms with E-state index in [4.69, 9.17) is 0 Å². The van der Waals surface area contributed by atoms with Crippen molar-refractivity contribution in [1.82, 2.24) is 5.32 Å². The topological polar surface area (TPSA) is 29.1 Å². The van der Waals surface area contributed by atoms with Crippen molar-refractivity contribution in [2.24, 2.45) is 5.92 Å². The minimum Gasteiger partial charge on any atom is -0.353 e. The van der Waals surface area contributed by atoms with Gasteiger partial charge in [-0.3, -0.25) is 4.79 Å². The van der Waals surface area contributed by atoms with Gasteiger partial charge in [0, 0.05) is 6.04 Å². The predicted octanol–water partition coefficient (Wildman–Crippen LogP) is 3.07. The van der Waals surface area contributed by atoms with Gasteiger partial charge < -0.3 is 5.32 Å². The van der Waals surface area contributed by atoms with Crippen LogP contribution in [0.5, 0.6) is 0 Å². The average Bonchev–Trinajstić information content (AvgIpc) is 2.15. The van der Waals surface area contributed by atoms with Gasteiger partial charge in [0.15, 0.2) is 0 Å². The fraction of sp³-hybridized carbons (Fsp3) is 0.917. The maximum absolute atomic E-state index is 11.4. The van der Waals surface area contributed by atoms with Crippen LogP contribution >= 0.6 is 11.8 Å². The monoisotopic (exact) mass is 231 g/mol. The molecule has 0 aromatic carbocycles. The molecule has 0 heterocycles. The largest absolute Gasteiger partial charge is 0.353 e. The summed E-state index contributed by atoms with van der Waals surface area (Å²) in [6.45, 7) is 8.65. The minimum atomic E-state index is 0.185. The zero-order valence-electron chi connectivity index (χ0n) is 10.5. The van der Waals surface area contributed by atoms with Crippen LogP contribution in [0.15, 0.2) is 0 Å². The van der Waals surface area contributed by atoms with Crippen LogP contribution in [0.1, 0.15) is 47.0 Å². The Kier molecular flexibility index (Phi) is 8.97. The van der Waals surface area contributed by atoms with Crippen LogP contribution in [0.2, 0.25) is 0 Å². The third kappa shape index (κ3) is 10.1. The van der Waals surface area contributed by atoms with Gasteiger partial charge in [-0.1, -0.05) is 20.8 Å². The molecule has 0 aliphatic heterocycles. The molecule has 0 aromatic heterocycles. The Bertz CT molecular complexity index is 171. The highest BCUT2D eigenvalue weighted by molar-refractivity contribution is 7.99. The molecule has 0 rings (SSSR count). The Hall–Kier alpha value is -0.180. The first-order chi connectivity index (χ1) is 7.06. The Balaban J connectivity index is 3.49. The highest BCUT2D eigenvalue weighted by Gasteiger charge is 2.07. The van der Waals surface area contributed by atoms with E-state index >= 15 is 0 Å². The van der Waals surface area contributed by atoms with E-state index in [9.17, 15) is 4.79 Å². The van der Waals surface area contributed by atoms with Crippen LogP contribution < -0.4 is 5.32 Å². The van der Waals surface area contributed by atoms with E-state index in [1.807, 2.05) is 0 Å². The van der Waals surface area contributed by atoms with Crippen molar-refractivity contribution < 1.29 is 4.79 Å². The van der Waals surface area contributed by atoms with Gasteiger partial charge in [0.2, 0.25) is 5.91 Å². The normalized spacial score (nSPS) is 12.9. The Morgan fingerprint density at radius 1 is 1.27 bits per heavy atom. The van der Waals surface area contributed by atoms with Crippen molar-refractivity contribution >= 4 is 17.7 Å². The van der Waals surface area contributed by atoms with E-state index in [2.05, 4.69) is 33.0 Å². The number of amides is 1. The Morgan fingerprint density at radius 2 is 1.93 bits per heavy atom. The summed E-state index contributed by atoms with van der Waals surface area (Å²) in [7, 11) is 0. The summed E-state index contributed by atoms with van der Waals surface area (Å²) in [6, 6.07) is 0.321. The lowest BCUT2D eigenvalue weighted by molar-refractivity contribution is -0.119. The highest BCUT2D eigenvalue weighted by atomic mass is 32.2. The van der Waals surface area contributed by atoms with Crippen molar-refractivity contribution in [3.8, 4) is 0 Å². The predicted molar refractivity (Wildman–Crippen MR) is 69.3 cm³/mol. The molecule has 0 aliphatic rings. The minimum absolute atomic E-state index is 0.185. The van der Waals surface area contributed by atoms with Crippen LogP contribution in [0.3, 0.4) is 0 Å². The molecule has 0 bridgehead atoms. The first kappa shape index (κ1) is 14.8. The van der Waals surface area contributed by atoms with E-state index < -0.39 is 0 Å². The van der Waals surface area contributed by atoms with Gasteiger partial charge in [-0.05, 0) is 37.9 Å². The Labute approximate surface area is 98.6 Å². The lowest BCUT2D eigenvalue weighted by atomic mass is 10.0. The van der Waals surface area contributed by atoms with Crippen LogP contribution in [0.4, 0.5) is 0 Å². The number of rotatable bonds is 8. The third-order valence-electron chi connectivity index (χ3n) is 2.17. The molecule has 0 saturated heterocycles. The van der Waals surface area contributed by atoms with Crippen molar-refractivity contribution in [2.45, 2.75) is 53.0 Å². The smallest absolute Gasteiger partial charge is 0.230 e. The van der Waals surface area contributed by atoms with Gasteiger partial charge in [-0.15, -0.1) is 0 Å². The lowest BCUT2D eigenvalue weighted by Gasteiger charge is -2.14. The standard InChI is InChI=1S/C12H25NOS/c1-5-8-15-9-12(14)13-11(4)7-6-10(2)3/h10-11H,5-9H2,1-4H3,(H,13,14). The third-order valence-corrected chi connectivity index (χ3v) is 3.33. The molecule has 15 heavy (non-hydrogen) atoms. The van der Waals surface area contributed by atoms with Gasteiger partial charge >= 0.3 is 0 Å². The summed E-state index contributed by atoms with van der Waals surface area (Å²) in [4.78, 5) is 11.4. The number of carbonyl (C=O) groups is 1. The van der Waals surface area contributed by atoms with E-state index in [0.29, 0.717) is 11.8 Å². The van der Waals surface area contributed by atoms with Crippen LogP contribution in [-0.2, 0) is 4.79 Å². The van der Waals surface area contributed by atoms with Crippen molar-refractivity contribution in [3.05, 3.63) is 0 Å².